The minimum absolute atomic E-state index is 0.121. The molecule has 4 aromatic rings. The summed E-state index contributed by atoms with van der Waals surface area (Å²) in [5.74, 6) is -0.119. The molecule has 0 saturated heterocycles. The molecule has 0 spiro atoms. The van der Waals surface area contributed by atoms with E-state index in [0.29, 0.717) is 16.2 Å². The molecule has 0 aliphatic heterocycles. The van der Waals surface area contributed by atoms with E-state index in [1.54, 1.807) is 29.8 Å². The first-order valence-electron chi connectivity index (χ1n) is 9.50. The van der Waals surface area contributed by atoms with Gasteiger partial charge >= 0.3 is 0 Å². The van der Waals surface area contributed by atoms with E-state index in [4.69, 9.17) is 9.84 Å². The molecule has 166 valence electrons. The number of nitrogens with zero attached hydrogens (tertiary/aromatic N) is 2. The zero-order valence-electron chi connectivity index (χ0n) is 16.5. The average molecular weight is 460 g/mol. The molecule has 2 heterocycles. The lowest BCUT2D eigenvalue weighted by Crippen LogP contribution is -2.21. The summed E-state index contributed by atoms with van der Waals surface area (Å²) >= 11 is 1.27. The summed E-state index contributed by atoms with van der Waals surface area (Å²) in [6.07, 6.45) is -2.37. The minimum Gasteiger partial charge on any atom is -0.491 e. The summed E-state index contributed by atoms with van der Waals surface area (Å²) in [4.78, 5) is 24.1. The number of para-hydroxylation sites is 1. The van der Waals surface area contributed by atoms with Gasteiger partial charge in [-0.25, -0.2) is 18.7 Å². The van der Waals surface area contributed by atoms with Crippen molar-refractivity contribution in [1.82, 2.24) is 15.0 Å². The Labute approximate surface area is 184 Å². The SMILES string of the molecule is O=C(Nc1nccs1)c1cccc2[nH]c(-c3ccc(OC[C@H](O)CO)cc3C(F)F)nc12. The maximum Gasteiger partial charge on any atom is 0.264 e. The second-order valence-corrected chi connectivity index (χ2v) is 7.67. The molecule has 0 saturated carbocycles. The number of anilines is 1. The highest BCUT2D eigenvalue weighted by atomic mass is 32.1. The van der Waals surface area contributed by atoms with Crippen molar-refractivity contribution < 1.29 is 28.5 Å². The van der Waals surface area contributed by atoms with Gasteiger partial charge in [-0.15, -0.1) is 11.3 Å². The van der Waals surface area contributed by atoms with Gasteiger partial charge in [-0.3, -0.25) is 10.1 Å². The zero-order valence-corrected chi connectivity index (χ0v) is 17.3. The van der Waals surface area contributed by atoms with E-state index in [1.807, 2.05) is 0 Å². The molecular weight excluding hydrogens is 442 g/mol. The number of hydrogen-bond donors (Lipinski definition) is 4. The molecule has 4 N–H and O–H groups in total. The molecule has 0 fully saturated rings. The summed E-state index contributed by atoms with van der Waals surface area (Å²) < 4.78 is 32.8. The first-order chi connectivity index (χ1) is 15.5. The number of fused-ring (bicyclic) bond motifs is 1. The van der Waals surface area contributed by atoms with Crippen LogP contribution in [0.1, 0.15) is 22.3 Å². The molecule has 4 rings (SSSR count). The molecule has 11 heteroatoms. The first kappa shape index (κ1) is 21.8. The monoisotopic (exact) mass is 460 g/mol. The molecule has 8 nitrogen and oxygen atoms in total. The number of halogens is 2. The molecule has 0 bridgehead atoms. The lowest BCUT2D eigenvalue weighted by molar-refractivity contribution is 0.0534. The molecular formula is C21H18F2N4O4S. The highest BCUT2D eigenvalue weighted by Gasteiger charge is 2.20. The van der Waals surface area contributed by atoms with E-state index >= 15 is 0 Å². The van der Waals surface area contributed by atoms with Crippen LogP contribution >= 0.6 is 11.3 Å². The van der Waals surface area contributed by atoms with Gasteiger partial charge in [0, 0.05) is 22.7 Å². The highest BCUT2D eigenvalue weighted by Crippen LogP contribution is 2.34. The number of thiazole rings is 1. The summed E-state index contributed by atoms with van der Waals surface area (Å²) in [5.41, 5.74) is 0.949. The number of ether oxygens (including phenoxy) is 1. The number of nitrogens with one attached hydrogen (secondary N) is 2. The molecule has 0 aliphatic carbocycles. The van der Waals surface area contributed by atoms with Gasteiger partial charge in [0.1, 0.15) is 29.8 Å². The van der Waals surface area contributed by atoms with Crippen molar-refractivity contribution in [1.29, 1.82) is 0 Å². The van der Waals surface area contributed by atoms with E-state index in [-0.39, 0.29) is 34.9 Å². The number of H-pyrrole nitrogens is 1. The van der Waals surface area contributed by atoms with Gasteiger partial charge in [0.2, 0.25) is 0 Å². The second-order valence-electron chi connectivity index (χ2n) is 6.78. The lowest BCUT2D eigenvalue weighted by Gasteiger charge is -2.13. The summed E-state index contributed by atoms with van der Waals surface area (Å²) in [6, 6.07) is 9.00. The van der Waals surface area contributed by atoms with Crippen molar-refractivity contribution in [3.8, 4) is 17.1 Å². The number of imidazole rings is 1. The van der Waals surface area contributed by atoms with Crippen molar-refractivity contribution >= 4 is 33.4 Å². The van der Waals surface area contributed by atoms with E-state index in [1.165, 1.54) is 23.5 Å². The fourth-order valence-electron chi connectivity index (χ4n) is 3.06. The predicted octanol–water partition coefficient (Wildman–Crippen LogP) is 3.61. The minimum atomic E-state index is -2.82. The van der Waals surface area contributed by atoms with Crippen molar-refractivity contribution in [2.75, 3.05) is 18.5 Å². The molecule has 1 atom stereocenters. The largest absolute Gasteiger partial charge is 0.491 e. The Morgan fingerprint density at radius 2 is 2.12 bits per heavy atom. The number of rotatable bonds is 8. The molecule has 32 heavy (non-hydrogen) atoms. The van der Waals surface area contributed by atoms with Crippen LogP contribution in [0.4, 0.5) is 13.9 Å². The fourth-order valence-corrected chi connectivity index (χ4v) is 3.59. The van der Waals surface area contributed by atoms with Gasteiger partial charge in [-0.1, -0.05) is 6.07 Å². The van der Waals surface area contributed by atoms with Gasteiger partial charge in [0.25, 0.3) is 12.3 Å². The third kappa shape index (κ3) is 4.59. The fraction of sp³-hybridized carbons (Fsp3) is 0.190. The van der Waals surface area contributed by atoms with Crippen molar-refractivity contribution in [3.05, 3.63) is 59.1 Å². The Kier molecular flexibility index (Phi) is 6.40. The number of aliphatic hydroxyl groups excluding tert-OH is 2. The summed E-state index contributed by atoms with van der Waals surface area (Å²) in [6.45, 7) is -0.738. The number of amides is 1. The molecule has 0 aliphatic rings. The second kappa shape index (κ2) is 9.39. The summed E-state index contributed by atoms with van der Waals surface area (Å²) in [5, 5.41) is 23.1. The Hall–Kier alpha value is -3.41. The number of carbonyl (C=O) groups is 1. The van der Waals surface area contributed by atoms with E-state index in [0.717, 1.165) is 6.07 Å². The molecule has 2 aromatic heterocycles. The van der Waals surface area contributed by atoms with Crippen molar-refractivity contribution in [2.45, 2.75) is 12.5 Å². The third-order valence-electron chi connectivity index (χ3n) is 4.58. The Bertz CT molecular complexity index is 1230. The zero-order chi connectivity index (χ0) is 22.7. The number of aliphatic hydroxyl groups is 2. The predicted molar refractivity (Wildman–Crippen MR) is 115 cm³/mol. The van der Waals surface area contributed by atoms with Crippen LogP contribution in [0.25, 0.3) is 22.4 Å². The molecule has 2 aromatic carbocycles. The number of benzene rings is 2. The third-order valence-corrected chi connectivity index (χ3v) is 5.27. The van der Waals surface area contributed by atoms with Crippen LogP contribution in [-0.4, -0.2) is 50.4 Å². The number of hydrogen-bond acceptors (Lipinski definition) is 7. The quantitative estimate of drug-likeness (QED) is 0.319. The number of aromatic amines is 1. The Morgan fingerprint density at radius 1 is 1.28 bits per heavy atom. The number of carbonyl (C=O) groups excluding carboxylic acids is 1. The van der Waals surface area contributed by atoms with Gasteiger partial charge in [0.15, 0.2) is 5.13 Å². The Balaban J connectivity index is 1.68. The van der Waals surface area contributed by atoms with Crippen LogP contribution in [0, 0.1) is 0 Å². The molecule has 0 unspecified atom stereocenters. The highest BCUT2D eigenvalue weighted by molar-refractivity contribution is 7.13. The van der Waals surface area contributed by atoms with Crippen LogP contribution in [0.15, 0.2) is 48.0 Å². The van der Waals surface area contributed by atoms with Gasteiger partial charge in [0.05, 0.1) is 17.7 Å². The number of aromatic nitrogens is 3. The van der Waals surface area contributed by atoms with Crippen molar-refractivity contribution in [2.24, 2.45) is 0 Å². The van der Waals surface area contributed by atoms with Gasteiger partial charge in [-0.05, 0) is 30.3 Å². The van der Waals surface area contributed by atoms with Gasteiger partial charge in [-0.2, -0.15) is 0 Å². The van der Waals surface area contributed by atoms with E-state index in [9.17, 15) is 18.7 Å². The maximum atomic E-state index is 13.8. The van der Waals surface area contributed by atoms with Crippen molar-refractivity contribution in [3.63, 3.8) is 0 Å². The van der Waals surface area contributed by atoms with Crippen LogP contribution in [0.2, 0.25) is 0 Å². The molecule has 0 radical (unpaired) electrons. The average Bonchev–Trinajstić information content (AvgIpc) is 3.46. The standard InChI is InChI=1S/C21H18F2N4O4S/c22-18(23)15-8-12(31-10-11(29)9-28)4-5-13(15)19-25-16-3-1-2-14(17(16)26-19)20(30)27-21-24-6-7-32-21/h1-8,11,18,28-29H,9-10H2,(H,25,26)(H,24,27,30)/t11-/m1/s1. The van der Waals surface area contributed by atoms with Crippen LogP contribution in [0.3, 0.4) is 0 Å². The topological polar surface area (TPSA) is 120 Å². The van der Waals surface area contributed by atoms with Crippen LogP contribution < -0.4 is 10.1 Å². The van der Waals surface area contributed by atoms with Gasteiger partial charge < -0.3 is 19.9 Å². The van der Waals surface area contributed by atoms with Crippen LogP contribution in [0.5, 0.6) is 5.75 Å². The van der Waals surface area contributed by atoms with E-state index in [2.05, 4.69) is 20.3 Å². The number of alkyl halides is 2. The van der Waals surface area contributed by atoms with Crippen LogP contribution in [-0.2, 0) is 0 Å². The Morgan fingerprint density at radius 3 is 2.84 bits per heavy atom. The normalized spacial score (nSPS) is 12.3. The first-order valence-corrected chi connectivity index (χ1v) is 10.4. The maximum absolute atomic E-state index is 13.8. The molecule has 1 amide bonds. The summed E-state index contributed by atoms with van der Waals surface area (Å²) in [7, 11) is 0. The smallest absolute Gasteiger partial charge is 0.264 e. The van der Waals surface area contributed by atoms with E-state index < -0.39 is 25.0 Å². The lowest BCUT2D eigenvalue weighted by atomic mass is 10.1.